The second-order valence-corrected chi connectivity index (χ2v) is 6.86. The highest BCUT2D eigenvalue weighted by Gasteiger charge is 2.35. The number of halogens is 4. The van der Waals surface area contributed by atoms with Crippen molar-refractivity contribution in [2.24, 2.45) is 9.98 Å². The van der Waals surface area contributed by atoms with Crippen LogP contribution in [-0.2, 0) is 18.3 Å². The largest absolute Gasteiger partial charge is 0.419 e. The zero-order chi connectivity index (χ0) is 23.2. The van der Waals surface area contributed by atoms with Crippen molar-refractivity contribution in [2.45, 2.75) is 32.1 Å². The number of nitrogens with zero attached hydrogens (tertiary/aromatic N) is 3. The van der Waals surface area contributed by atoms with Crippen molar-refractivity contribution >= 4 is 18.8 Å². The van der Waals surface area contributed by atoms with Gasteiger partial charge in [0.25, 0.3) is 11.5 Å². The molecular formula is C20H19F4N5O2. The normalized spacial score (nSPS) is 12.5. The highest BCUT2D eigenvalue weighted by molar-refractivity contribution is 5.92. The Bertz CT molecular complexity index is 1090. The van der Waals surface area contributed by atoms with E-state index in [2.05, 4.69) is 32.0 Å². The first kappa shape index (κ1) is 23.6. The molecule has 0 atom stereocenters. The number of amides is 1. The summed E-state index contributed by atoms with van der Waals surface area (Å²) < 4.78 is 52.2. The minimum absolute atomic E-state index is 0.0225. The van der Waals surface area contributed by atoms with E-state index >= 15 is 0 Å². The van der Waals surface area contributed by atoms with Gasteiger partial charge in [0.2, 0.25) is 0 Å². The predicted octanol–water partition coefficient (Wildman–Crippen LogP) is 3.38. The molecule has 0 unspecified atom stereocenters. The van der Waals surface area contributed by atoms with Crippen molar-refractivity contribution < 1.29 is 22.4 Å². The molecule has 0 saturated heterocycles. The van der Waals surface area contributed by atoms with Crippen LogP contribution >= 0.6 is 0 Å². The topological polar surface area (TPSA) is 99.6 Å². The van der Waals surface area contributed by atoms with Gasteiger partial charge in [-0.3, -0.25) is 19.6 Å². The van der Waals surface area contributed by atoms with E-state index in [9.17, 15) is 27.2 Å². The number of hydrogen-bond donors (Lipinski definition) is 2. The Kier molecular flexibility index (Phi) is 7.21. The van der Waals surface area contributed by atoms with Crippen LogP contribution in [0, 0.1) is 5.82 Å². The Hall–Kier alpha value is -3.63. The summed E-state index contributed by atoms with van der Waals surface area (Å²) in [5.41, 5.74) is -3.38. The van der Waals surface area contributed by atoms with Crippen molar-refractivity contribution in [3.05, 3.63) is 75.4 Å². The van der Waals surface area contributed by atoms with Crippen molar-refractivity contribution in [1.29, 1.82) is 0 Å². The van der Waals surface area contributed by atoms with Crippen LogP contribution in [0.5, 0.6) is 0 Å². The van der Waals surface area contributed by atoms with E-state index < -0.39 is 34.6 Å². The fourth-order valence-electron chi connectivity index (χ4n) is 2.55. The van der Waals surface area contributed by atoms with Crippen LogP contribution < -0.4 is 10.9 Å². The van der Waals surface area contributed by atoms with Crippen molar-refractivity contribution in [3.8, 4) is 0 Å². The third-order valence-electron chi connectivity index (χ3n) is 4.07. The number of allylic oxidation sites excluding steroid dienone is 1. The van der Waals surface area contributed by atoms with Gasteiger partial charge in [0.05, 0.1) is 17.6 Å². The van der Waals surface area contributed by atoms with E-state index in [-0.39, 0.29) is 23.6 Å². The average molecular weight is 437 g/mol. The molecule has 11 heteroatoms. The van der Waals surface area contributed by atoms with Gasteiger partial charge in [-0.15, -0.1) is 0 Å². The van der Waals surface area contributed by atoms with Crippen LogP contribution in [0.1, 0.15) is 41.3 Å². The number of aromatic nitrogens is 2. The molecule has 1 amide bonds. The number of alkyl halides is 3. The van der Waals surface area contributed by atoms with Crippen molar-refractivity contribution in [3.63, 3.8) is 0 Å². The number of aliphatic imine (C=N–C) groups is 2. The molecule has 164 valence electrons. The quantitative estimate of drug-likeness (QED) is 0.513. The van der Waals surface area contributed by atoms with E-state index in [0.717, 1.165) is 12.1 Å². The van der Waals surface area contributed by atoms with Crippen LogP contribution in [-0.4, -0.2) is 28.8 Å². The van der Waals surface area contributed by atoms with Crippen molar-refractivity contribution in [1.82, 2.24) is 15.3 Å². The third-order valence-corrected chi connectivity index (χ3v) is 4.07. The summed E-state index contributed by atoms with van der Waals surface area (Å²) in [6, 6.07) is 3.35. The smallest absolute Gasteiger partial charge is 0.342 e. The molecule has 0 aliphatic heterocycles. The molecule has 0 fully saturated rings. The molecular weight excluding hydrogens is 418 g/mol. The molecule has 2 rings (SSSR count). The van der Waals surface area contributed by atoms with Gasteiger partial charge in [-0.25, -0.2) is 9.37 Å². The summed E-state index contributed by atoms with van der Waals surface area (Å²) in [7, 11) is 0. The number of aromatic amines is 1. The lowest BCUT2D eigenvalue weighted by Gasteiger charge is -2.27. The SMILES string of the molecule is C=N/C=C\C=N/Cc1nc(C(=O)NC(C)(C)c2ccc(C(F)(F)F)c(F)c2)cc(=O)[nH]1. The van der Waals surface area contributed by atoms with Crippen LogP contribution in [0.15, 0.2) is 51.3 Å². The molecule has 0 aliphatic rings. The molecule has 7 nitrogen and oxygen atoms in total. The zero-order valence-electron chi connectivity index (χ0n) is 16.6. The van der Waals surface area contributed by atoms with Gasteiger partial charge in [-0.2, -0.15) is 13.2 Å². The number of benzene rings is 1. The van der Waals surface area contributed by atoms with Gasteiger partial charge < -0.3 is 10.3 Å². The van der Waals surface area contributed by atoms with Crippen LogP contribution in [0.4, 0.5) is 17.6 Å². The number of carbonyl (C=O) groups is 1. The molecule has 31 heavy (non-hydrogen) atoms. The minimum Gasteiger partial charge on any atom is -0.342 e. The Labute approximate surface area is 174 Å². The van der Waals surface area contributed by atoms with Crippen molar-refractivity contribution in [2.75, 3.05) is 0 Å². The number of carbonyl (C=O) groups excluding carboxylic acids is 1. The van der Waals surface area contributed by atoms with Crippen LogP contribution in [0.25, 0.3) is 0 Å². The van der Waals surface area contributed by atoms with Crippen LogP contribution in [0.3, 0.4) is 0 Å². The van der Waals surface area contributed by atoms with Gasteiger partial charge in [-0.05, 0) is 44.3 Å². The Morgan fingerprint density at radius 1 is 1.29 bits per heavy atom. The fraction of sp³-hybridized carbons (Fsp3) is 0.250. The summed E-state index contributed by atoms with van der Waals surface area (Å²) in [5, 5.41) is 2.54. The van der Waals surface area contributed by atoms with E-state index in [1.54, 1.807) is 0 Å². The maximum absolute atomic E-state index is 13.9. The van der Waals surface area contributed by atoms with E-state index in [0.29, 0.717) is 12.1 Å². The van der Waals surface area contributed by atoms with E-state index in [4.69, 9.17) is 0 Å². The lowest BCUT2D eigenvalue weighted by atomic mass is 9.92. The van der Waals surface area contributed by atoms with Gasteiger partial charge in [-0.1, -0.05) is 6.07 Å². The molecule has 0 aliphatic carbocycles. The molecule has 2 N–H and O–H groups in total. The molecule has 0 bridgehead atoms. The Morgan fingerprint density at radius 3 is 2.61 bits per heavy atom. The van der Waals surface area contributed by atoms with E-state index in [1.165, 1.54) is 32.3 Å². The molecule has 0 saturated carbocycles. The summed E-state index contributed by atoms with van der Waals surface area (Å²) in [5.74, 6) is -2.10. The Morgan fingerprint density at radius 2 is 2.00 bits per heavy atom. The minimum atomic E-state index is -4.83. The zero-order valence-corrected chi connectivity index (χ0v) is 16.6. The van der Waals surface area contributed by atoms with Gasteiger partial charge >= 0.3 is 6.18 Å². The molecule has 0 radical (unpaired) electrons. The summed E-state index contributed by atoms with van der Waals surface area (Å²) in [6.07, 6.45) is -0.519. The monoisotopic (exact) mass is 437 g/mol. The second-order valence-electron chi connectivity index (χ2n) is 6.86. The molecule has 2 aromatic rings. The number of H-pyrrole nitrogens is 1. The fourth-order valence-corrected chi connectivity index (χ4v) is 2.55. The highest BCUT2D eigenvalue weighted by atomic mass is 19.4. The van der Waals surface area contributed by atoms with Gasteiger partial charge in [0.15, 0.2) is 0 Å². The lowest BCUT2D eigenvalue weighted by molar-refractivity contribution is -0.140. The molecule has 1 aromatic carbocycles. The van der Waals surface area contributed by atoms with Crippen LogP contribution in [0.2, 0.25) is 0 Å². The van der Waals surface area contributed by atoms with Gasteiger partial charge in [0.1, 0.15) is 17.3 Å². The highest BCUT2D eigenvalue weighted by Crippen LogP contribution is 2.33. The molecule has 0 spiro atoms. The average Bonchev–Trinajstić information content (AvgIpc) is 2.66. The molecule has 1 aromatic heterocycles. The number of rotatable bonds is 7. The third kappa shape index (κ3) is 6.43. The predicted molar refractivity (Wildman–Crippen MR) is 108 cm³/mol. The van der Waals surface area contributed by atoms with Gasteiger partial charge in [0, 0.05) is 18.5 Å². The Balaban J connectivity index is 2.22. The maximum Gasteiger partial charge on any atom is 0.419 e. The first-order chi connectivity index (χ1) is 14.4. The summed E-state index contributed by atoms with van der Waals surface area (Å²) >= 11 is 0. The first-order valence-electron chi connectivity index (χ1n) is 8.85. The first-order valence-corrected chi connectivity index (χ1v) is 8.85. The lowest BCUT2D eigenvalue weighted by Crippen LogP contribution is -2.42. The summed E-state index contributed by atoms with van der Waals surface area (Å²) in [6.45, 7) is 6.19. The maximum atomic E-state index is 13.9. The number of nitrogens with one attached hydrogen (secondary N) is 2. The standard InChI is InChI=1S/C20H19F4N5O2/c1-19(2,12-5-6-13(14(21)9-12)20(22,23)24)29-18(31)15-10-17(30)28-16(27-15)11-26-8-4-7-25-3/h4-10H,3,11H2,1-2H3,(H,29,31)(H,27,28,30)/b7-4-,26-8-. The van der Waals surface area contributed by atoms with E-state index in [1.807, 2.05) is 0 Å². The molecule has 1 heterocycles. The number of hydrogen-bond acceptors (Lipinski definition) is 5. The second kappa shape index (κ2) is 9.45. The summed E-state index contributed by atoms with van der Waals surface area (Å²) in [4.78, 5) is 38.4.